The van der Waals surface area contributed by atoms with Crippen LogP contribution in [0.2, 0.25) is 0 Å². The fourth-order valence-electron chi connectivity index (χ4n) is 1.73. The van der Waals surface area contributed by atoms with E-state index in [1.54, 1.807) is 18.5 Å². The van der Waals surface area contributed by atoms with Gasteiger partial charge in [-0.05, 0) is 0 Å². The Kier molecular flexibility index (Phi) is 3.15. The lowest BCUT2D eigenvalue weighted by Crippen LogP contribution is -2.02. The maximum absolute atomic E-state index is 11.7. The molecule has 3 N–H and O–H groups in total. The molecule has 102 valence electrons. The number of nitrogens with one attached hydrogen (secondary N) is 3. The molecule has 8 heteroatoms. The van der Waals surface area contributed by atoms with Gasteiger partial charge in [0.25, 0.3) is 0 Å². The molecule has 0 aliphatic carbocycles. The van der Waals surface area contributed by atoms with Crippen molar-refractivity contribution in [2.45, 2.75) is 0 Å². The van der Waals surface area contributed by atoms with E-state index in [0.29, 0.717) is 22.9 Å². The van der Waals surface area contributed by atoms with Crippen LogP contribution in [0.25, 0.3) is 11.3 Å². The summed E-state index contributed by atoms with van der Waals surface area (Å²) >= 11 is 0. The molecule has 0 aliphatic heterocycles. The second-order valence-corrected chi connectivity index (χ2v) is 4.11. The Morgan fingerprint density at radius 1 is 1.24 bits per heavy atom. The predicted molar refractivity (Wildman–Crippen MR) is 74.7 cm³/mol. The third-order valence-electron chi connectivity index (χ3n) is 2.71. The second kappa shape index (κ2) is 5.26. The molecule has 0 bridgehead atoms. The van der Waals surface area contributed by atoms with Crippen LogP contribution in [0, 0.1) is 11.3 Å². The van der Waals surface area contributed by atoms with Crippen molar-refractivity contribution in [2.75, 3.05) is 5.32 Å². The summed E-state index contributed by atoms with van der Waals surface area (Å²) < 4.78 is 0. The van der Waals surface area contributed by atoms with Crippen molar-refractivity contribution in [1.82, 2.24) is 25.1 Å². The van der Waals surface area contributed by atoms with Crippen LogP contribution in [-0.2, 0) is 0 Å². The summed E-state index contributed by atoms with van der Waals surface area (Å²) in [4.78, 5) is 22.5. The molecule has 3 aromatic rings. The van der Waals surface area contributed by atoms with E-state index in [2.05, 4.69) is 30.5 Å². The highest BCUT2D eigenvalue weighted by Crippen LogP contribution is 2.17. The molecule has 0 aromatic carbocycles. The highest BCUT2D eigenvalue weighted by Gasteiger charge is 2.07. The van der Waals surface area contributed by atoms with Crippen LogP contribution in [0.1, 0.15) is 5.69 Å². The monoisotopic (exact) mass is 279 g/mol. The Bertz CT molecular complexity index is 857. The van der Waals surface area contributed by atoms with Crippen molar-refractivity contribution in [3.05, 3.63) is 52.8 Å². The Morgan fingerprint density at radius 2 is 2.14 bits per heavy atom. The first-order valence-electron chi connectivity index (χ1n) is 5.98. The van der Waals surface area contributed by atoms with Gasteiger partial charge < -0.3 is 10.3 Å². The first-order valence-corrected chi connectivity index (χ1v) is 5.98. The van der Waals surface area contributed by atoms with E-state index in [-0.39, 0.29) is 11.1 Å². The number of H-pyrrole nitrogens is 2. The van der Waals surface area contributed by atoms with E-state index < -0.39 is 0 Å². The number of aromatic nitrogens is 5. The average molecular weight is 279 g/mol. The number of anilines is 2. The molecule has 0 aliphatic rings. The summed E-state index contributed by atoms with van der Waals surface area (Å²) in [5.41, 5.74) is 1.20. The highest BCUT2D eigenvalue weighted by atomic mass is 16.1. The lowest BCUT2D eigenvalue weighted by Gasteiger charge is -1.99. The van der Waals surface area contributed by atoms with Gasteiger partial charge in [0.1, 0.15) is 11.9 Å². The van der Waals surface area contributed by atoms with Crippen LogP contribution in [-0.4, -0.2) is 25.1 Å². The zero-order chi connectivity index (χ0) is 14.7. The Morgan fingerprint density at radius 3 is 2.86 bits per heavy atom. The molecule has 0 amide bonds. The van der Waals surface area contributed by atoms with Crippen molar-refractivity contribution < 1.29 is 0 Å². The van der Waals surface area contributed by atoms with E-state index in [1.165, 1.54) is 18.5 Å². The van der Waals surface area contributed by atoms with Gasteiger partial charge in [-0.25, -0.2) is 9.97 Å². The van der Waals surface area contributed by atoms with Crippen LogP contribution in [0.3, 0.4) is 0 Å². The first-order chi connectivity index (χ1) is 10.3. The maximum Gasteiger partial charge on any atom is 0.190 e. The van der Waals surface area contributed by atoms with Gasteiger partial charge in [0.05, 0.1) is 23.7 Å². The molecule has 0 saturated carbocycles. The second-order valence-electron chi connectivity index (χ2n) is 4.11. The minimum atomic E-state index is -0.109. The number of hydrogen-bond acceptors (Lipinski definition) is 6. The number of pyridine rings is 1. The molecule has 3 rings (SSSR count). The summed E-state index contributed by atoms with van der Waals surface area (Å²) in [6.45, 7) is 0. The molecule has 0 fully saturated rings. The van der Waals surface area contributed by atoms with Gasteiger partial charge in [-0.3, -0.25) is 9.89 Å². The third-order valence-corrected chi connectivity index (χ3v) is 2.71. The molecular formula is C13H9N7O. The average Bonchev–Trinajstić information content (AvgIpc) is 2.97. The van der Waals surface area contributed by atoms with Gasteiger partial charge in [0.2, 0.25) is 0 Å². The lowest BCUT2D eigenvalue weighted by molar-refractivity contribution is 1.08. The number of nitriles is 1. The normalized spacial score (nSPS) is 10.0. The zero-order valence-electron chi connectivity index (χ0n) is 10.7. The van der Waals surface area contributed by atoms with E-state index in [9.17, 15) is 4.79 Å². The van der Waals surface area contributed by atoms with Gasteiger partial charge >= 0.3 is 0 Å². The standard InChI is InChI=1S/C13H9N7O/c14-4-8-5-17-13(7-16-8)18-12-3-10(19-20-12)9-6-15-2-1-11(9)21/h1-3,5-7H,(H,15,21)(H2,17,18,19,20). The first kappa shape index (κ1) is 12.6. The summed E-state index contributed by atoms with van der Waals surface area (Å²) in [5.74, 6) is 0.946. The largest absolute Gasteiger partial charge is 0.367 e. The maximum atomic E-state index is 11.7. The zero-order valence-corrected chi connectivity index (χ0v) is 10.7. The van der Waals surface area contributed by atoms with Crippen molar-refractivity contribution >= 4 is 11.6 Å². The number of aromatic amines is 2. The van der Waals surface area contributed by atoms with Gasteiger partial charge in [0, 0.05) is 24.5 Å². The van der Waals surface area contributed by atoms with Gasteiger partial charge in [0.15, 0.2) is 16.9 Å². The fraction of sp³-hybridized carbons (Fsp3) is 0. The molecule has 0 radical (unpaired) electrons. The Labute approximate surface area is 118 Å². The van der Waals surface area contributed by atoms with Gasteiger partial charge in [-0.2, -0.15) is 10.4 Å². The fourth-order valence-corrected chi connectivity index (χ4v) is 1.73. The minimum Gasteiger partial charge on any atom is -0.367 e. The number of rotatable bonds is 3. The molecule has 0 unspecified atom stereocenters. The van der Waals surface area contributed by atoms with Gasteiger partial charge in [-0.1, -0.05) is 0 Å². The number of nitrogens with zero attached hydrogens (tertiary/aromatic N) is 4. The number of hydrogen-bond donors (Lipinski definition) is 3. The summed E-state index contributed by atoms with van der Waals surface area (Å²) in [5, 5.41) is 18.4. The van der Waals surface area contributed by atoms with Crippen molar-refractivity contribution in [3.63, 3.8) is 0 Å². The topological polar surface area (TPSA) is 123 Å². The Balaban J connectivity index is 1.84. The van der Waals surface area contributed by atoms with E-state index in [1.807, 2.05) is 6.07 Å². The lowest BCUT2D eigenvalue weighted by atomic mass is 10.2. The summed E-state index contributed by atoms with van der Waals surface area (Å²) in [6, 6.07) is 5.01. The van der Waals surface area contributed by atoms with Crippen molar-refractivity contribution in [3.8, 4) is 17.3 Å². The summed E-state index contributed by atoms with van der Waals surface area (Å²) in [6.07, 6.45) is 5.95. The van der Waals surface area contributed by atoms with Crippen molar-refractivity contribution in [1.29, 1.82) is 5.26 Å². The Hall–Kier alpha value is -3.47. The molecule has 21 heavy (non-hydrogen) atoms. The minimum absolute atomic E-state index is 0.109. The molecular weight excluding hydrogens is 270 g/mol. The molecule has 0 saturated heterocycles. The van der Waals surface area contributed by atoms with Crippen molar-refractivity contribution in [2.24, 2.45) is 0 Å². The third kappa shape index (κ3) is 2.62. The van der Waals surface area contributed by atoms with Crippen LogP contribution in [0.15, 0.2) is 41.7 Å². The summed E-state index contributed by atoms with van der Waals surface area (Å²) in [7, 11) is 0. The predicted octanol–water partition coefficient (Wildman–Crippen LogP) is 1.17. The quantitative estimate of drug-likeness (QED) is 0.661. The van der Waals surface area contributed by atoms with Crippen LogP contribution in [0.4, 0.5) is 11.6 Å². The highest BCUT2D eigenvalue weighted by molar-refractivity contribution is 5.63. The smallest absolute Gasteiger partial charge is 0.190 e. The molecule has 0 atom stereocenters. The SMILES string of the molecule is N#Cc1cnc(Nc2cc(-c3c[nH]ccc3=O)[nH]n2)cn1. The molecule has 0 spiro atoms. The van der Waals surface area contributed by atoms with Gasteiger partial charge in [-0.15, -0.1) is 0 Å². The molecule has 3 heterocycles. The molecule has 8 nitrogen and oxygen atoms in total. The van der Waals surface area contributed by atoms with Crippen LogP contribution < -0.4 is 10.7 Å². The van der Waals surface area contributed by atoms with Crippen LogP contribution in [0.5, 0.6) is 0 Å². The van der Waals surface area contributed by atoms with Crippen LogP contribution >= 0.6 is 0 Å². The van der Waals surface area contributed by atoms with E-state index >= 15 is 0 Å². The van der Waals surface area contributed by atoms with E-state index in [0.717, 1.165) is 0 Å². The van der Waals surface area contributed by atoms with E-state index in [4.69, 9.17) is 5.26 Å². The molecule has 3 aromatic heterocycles.